The Labute approximate surface area is 174 Å². The van der Waals surface area contributed by atoms with E-state index in [1.165, 1.54) is 0 Å². The number of alkyl halides is 5. The SMILES string of the molecule is CNC1CCN(c2ccc(C3CCC(=O)NC3=O)cc2)CC1(F)F.O=C(O)C(F)(F)F. The molecular formula is C19H22F5N3O4. The van der Waals surface area contributed by atoms with Gasteiger partial charge in [0.15, 0.2) is 0 Å². The Morgan fingerprint density at radius 3 is 2.23 bits per heavy atom. The number of carbonyl (C=O) groups excluding carboxylic acids is 2. The quantitative estimate of drug-likeness (QED) is 0.482. The largest absolute Gasteiger partial charge is 0.490 e. The predicted octanol–water partition coefficient (Wildman–Crippen LogP) is 2.27. The van der Waals surface area contributed by atoms with Crippen LogP contribution < -0.4 is 15.5 Å². The molecule has 0 spiro atoms. The maximum absolute atomic E-state index is 14.1. The molecule has 172 valence electrons. The fourth-order valence-electron chi connectivity index (χ4n) is 3.44. The van der Waals surface area contributed by atoms with Gasteiger partial charge in [-0.05, 0) is 37.6 Å². The minimum Gasteiger partial charge on any atom is -0.475 e. The molecule has 2 saturated heterocycles. The summed E-state index contributed by atoms with van der Waals surface area (Å²) >= 11 is 0. The minimum atomic E-state index is -5.08. The zero-order valence-electron chi connectivity index (χ0n) is 16.5. The number of anilines is 1. The topological polar surface area (TPSA) is 98.7 Å². The number of carbonyl (C=O) groups is 3. The number of hydrogen-bond donors (Lipinski definition) is 3. The van der Waals surface area contributed by atoms with Crippen molar-refractivity contribution in [3.63, 3.8) is 0 Å². The van der Waals surface area contributed by atoms with E-state index < -0.39 is 24.1 Å². The normalized spacial score (nSPS) is 23.5. The van der Waals surface area contributed by atoms with Gasteiger partial charge in [-0.3, -0.25) is 14.9 Å². The van der Waals surface area contributed by atoms with E-state index in [1.54, 1.807) is 36.2 Å². The van der Waals surface area contributed by atoms with E-state index in [1.807, 2.05) is 0 Å². The van der Waals surface area contributed by atoms with Crippen molar-refractivity contribution in [2.45, 2.75) is 43.3 Å². The zero-order valence-corrected chi connectivity index (χ0v) is 16.5. The third-order valence-corrected chi connectivity index (χ3v) is 5.09. The summed E-state index contributed by atoms with van der Waals surface area (Å²) in [7, 11) is 1.56. The number of nitrogens with one attached hydrogen (secondary N) is 2. The van der Waals surface area contributed by atoms with E-state index in [0.717, 1.165) is 11.3 Å². The van der Waals surface area contributed by atoms with Crippen molar-refractivity contribution >= 4 is 23.5 Å². The Bertz CT molecular complexity index is 814. The summed E-state index contributed by atoms with van der Waals surface area (Å²) in [6.07, 6.45) is -3.91. The van der Waals surface area contributed by atoms with Crippen LogP contribution in [0.25, 0.3) is 0 Å². The van der Waals surface area contributed by atoms with Crippen LogP contribution in [-0.2, 0) is 14.4 Å². The van der Waals surface area contributed by atoms with Crippen molar-refractivity contribution in [2.24, 2.45) is 0 Å². The molecular weight excluding hydrogens is 429 g/mol. The van der Waals surface area contributed by atoms with Crippen LogP contribution in [0.15, 0.2) is 24.3 Å². The van der Waals surface area contributed by atoms with Gasteiger partial charge in [-0.1, -0.05) is 12.1 Å². The highest BCUT2D eigenvalue weighted by molar-refractivity contribution is 6.00. The van der Waals surface area contributed by atoms with Crippen LogP contribution in [0.1, 0.15) is 30.7 Å². The fourth-order valence-corrected chi connectivity index (χ4v) is 3.44. The summed E-state index contributed by atoms with van der Waals surface area (Å²) in [5.41, 5.74) is 1.53. The van der Waals surface area contributed by atoms with Gasteiger partial charge in [-0.15, -0.1) is 0 Å². The van der Waals surface area contributed by atoms with E-state index in [9.17, 15) is 31.5 Å². The van der Waals surface area contributed by atoms with Gasteiger partial charge in [-0.25, -0.2) is 13.6 Å². The van der Waals surface area contributed by atoms with E-state index >= 15 is 0 Å². The molecule has 0 aromatic heterocycles. The molecule has 0 saturated carbocycles. The Balaban J connectivity index is 0.000000423. The molecule has 12 heteroatoms. The molecule has 31 heavy (non-hydrogen) atoms. The van der Waals surface area contributed by atoms with Crippen LogP contribution in [0.5, 0.6) is 0 Å². The molecule has 1 aromatic rings. The van der Waals surface area contributed by atoms with Gasteiger partial charge in [0.2, 0.25) is 11.8 Å². The van der Waals surface area contributed by atoms with Gasteiger partial charge in [0.1, 0.15) is 0 Å². The Kier molecular flexibility index (Phi) is 7.58. The molecule has 7 nitrogen and oxygen atoms in total. The zero-order chi connectivity index (χ0) is 23.4. The van der Waals surface area contributed by atoms with Crippen LogP contribution in [0.3, 0.4) is 0 Å². The molecule has 3 rings (SSSR count). The van der Waals surface area contributed by atoms with Crippen LogP contribution >= 0.6 is 0 Å². The van der Waals surface area contributed by atoms with Crippen molar-refractivity contribution in [3.05, 3.63) is 29.8 Å². The number of amides is 2. The molecule has 0 bridgehead atoms. The summed E-state index contributed by atoms with van der Waals surface area (Å²) in [4.78, 5) is 33.7. The van der Waals surface area contributed by atoms with Gasteiger partial charge in [0.25, 0.3) is 5.92 Å². The van der Waals surface area contributed by atoms with E-state index in [0.29, 0.717) is 25.8 Å². The number of hydrogen-bond acceptors (Lipinski definition) is 5. The number of nitrogens with zero attached hydrogens (tertiary/aromatic N) is 1. The van der Waals surface area contributed by atoms with E-state index in [2.05, 4.69) is 10.6 Å². The molecule has 2 aliphatic rings. The summed E-state index contributed by atoms with van der Waals surface area (Å²) in [5, 5.41) is 12.1. The van der Waals surface area contributed by atoms with E-state index in [4.69, 9.17) is 9.90 Å². The smallest absolute Gasteiger partial charge is 0.475 e. The number of halogens is 5. The molecule has 1 aromatic carbocycles. The number of imide groups is 1. The Hall–Kier alpha value is -2.76. The maximum atomic E-state index is 14.1. The van der Waals surface area contributed by atoms with Crippen molar-refractivity contribution in [1.29, 1.82) is 0 Å². The Morgan fingerprint density at radius 2 is 1.77 bits per heavy atom. The summed E-state index contributed by atoms with van der Waals surface area (Å²) in [5.74, 6) is -6.43. The second-order valence-electron chi connectivity index (χ2n) is 7.21. The van der Waals surface area contributed by atoms with Gasteiger partial charge in [-0.2, -0.15) is 13.2 Å². The molecule has 2 heterocycles. The Morgan fingerprint density at radius 1 is 1.19 bits per heavy atom. The van der Waals surface area contributed by atoms with Gasteiger partial charge < -0.3 is 15.3 Å². The van der Waals surface area contributed by atoms with Crippen LogP contribution in [0.4, 0.5) is 27.6 Å². The van der Waals surface area contributed by atoms with E-state index in [-0.39, 0.29) is 24.3 Å². The van der Waals surface area contributed by atoms with Crippen molar-refractivity contribution in [1.82, 2.24) is 10.6 Å². The van der Waals surface area contributed by atoms with Gasteiger partial charge in [0.05, 0.1) is 18.5 Å². The average molecular weight is 451 g/mol. The van der Waals surface area contributed by atoms with Gasteiger partial charge in [0, 0.05) is 18.7 Å². The number of rotatable bonds is 3. The highest BCUT2D eigenvalue weighted by Gasteiger charge is 2.44. The number of benzene rings is 1. The number of piperidine rings is 2. The number of aliphatic carboxylic acids is 1. The molecule has 0 radical (unpaired) electrons. The van der Waals surface area contributed by atoms with Crippen LogP contribution in [-0.4, -0.2) is 61.2 Å². The molecule has 2 amide bonds. The first-order valence-corrected chi connectivity index (χ1v) is 9.39. The van der Waals surface area contributed by atoms with Crippen LogP contribution in [0.2, 0.25) is 0 Å². The fraction of sp³-hybridized carbons (Fsp3) is 0.526. The highest BCUT2D eigenvalue weighted by atomic mass is 19.4. The second-order valence-corrected chi connectivity index (χ2v) is 7.21. The first-order chi connectivity index (χ1) is 14.3. The molecule has 0 aliphatic carbocycles. The average Bonchev–Trinajstić information content (AvgIpc) is 2.67. The summed E-state index contributed by atoms with van der Waals surface area (Å²) in [6.45, 7) is 0.231. The third-order valence-electron chi connectivity index (χ3n) is 5.09. The molecule has 2 aliphatic heterocycles. The first-order valence-electron chi connectivity index (χ1n) is 9.39. The second kappa shape index (κ2) is 9.58. The monoisotopic (exact) mass is 451 g/mol. The predicted molar refractivity (Wildman–Crippen MR) is 99.9 cm³/mol. The third kappa shape index (κ3) is 6.36. The molecule has 3 N–H and O–H groups in total. The highest BCUT2D eigenvalue weighted by Crippen LogP contribution is 2.32. The molecule has 2 fully saturated rings. The minimum absolute atomic E-state index is 0.248. The standard InChI is InChI=1S/C17H21F2N3O2.C2HF3O2/c1-20-14-8-9-22(10-17(14,18)19)12-4-2-11(3-5-12)13-6-7-15(23)21-16(13)24;3-2(4,5)1(6)7/h2-5,13-14,20H,6-10H2,1H3,(H,21,23,24);(H,6,7). The van der Waals surface area contributed by atoms with Crippen LogP contribution in [0, 0.1) is 0 Å². The molecule has 2 unspecified atom stereocenters. The summed E-state index contributed by atoms with van der Waals surface area (Å²) < 4.78 is 59.9. The van der Waals surface area contributed by atoms with Crippen molar-refractivity contribution in [3.8, 4) is 0 Å². The molecule has 2 atom stereocenters. The maximum Gasteiger partial charge on any atom is 0.490 e. The lowest BCUT2D eigenvalue weighted by Crippen LogP contribution is -2.56. The van der Waals surface area contributed by atoms with Crippen molar-refractivity contribution < 1.29 is 41.4 Å². The first kappa shape index (κ1) is 24.5. The number of carboxylic acid groups (broad SMARTS) is 1. The lowest BCUT2D eigenvalue weighted by molar-refractivity contribution is -0.192. The lowest BCUT2D eigenvalue weighted by Gasteiger charge is -2.39. The lowest BCUT2D eigenvalue weighted by atomic mass is 9.90. The van der Waals surface area contributed by atoms with Crippen molar-refractivity contribution in [2.75, 3.05) is 25.0 Å². The summed E-state index contributed by atoms with van der Waals surface area (Å²) in [6, 6.07) is 6.33. The number of carboxylic acids is 1. The van der Waals surface area contributed by atoms with Gasteiger partial charge >= 0.3 is 12.1 Å².